The van der Waals surface area contributed by atoms with E-state index in [9.17, 15) is 0 Å². The second-order valence-corrected chi connectivity index (χ2v) is 7.49. The molecule has 134 valence electrons. The van der Waals surface area contributed by atoms with Crippen molar-refractivity contribution < 1.29 is 0 Å². The smallest absolute Gasteiger partial charge is 0.0524 e. The molecule has 0 radical (unpaired) electrons. The van der Waals surface area contributed by atoms with Gasteiger partial charge in [0.05, 0.1) is 11.4 Å². The van der Waals surface area contributed by atoms with E-state index >= 15 is 0 Å². The zero-order chi connectivity index (χ0) is 18.7. The summed E-state index contributed by atoms with van der Waals surface area (Å²) in [5.74, 6) is 0.259. The van der Waals surface area contributed by atoms with Crippen LogP contribution < -0.4 is 9.80 Å². The molecule has 0 spiro atoms. The molecule has 0 fully saturated rings. The van der Waals surface area contributed by atoms with E-state index in [0.717, 1.165) is 0 Å². The number of rotatable bonds is 1. The van der Waals surface area contributed by atoms with E-state index in [4.69, 9.17) is 0 Å². The fourth-order valence-corrected chi connectivity index (χ4v) is 4.89. The van der Waals surface area contributed by atoms with Crippen molar-refractivity contribution in [2.24, 2.45) is 0 Å². The highest BCUT2D eigenvalue weighted by Crippen LogP contribution is 2.58. The Bertz CT molecular complexity index is 1200. The predicted molar refractivity (Wildman–Crippen MR) is 117 cm³/mol. The molecular weight excluding hydrogens is 340 g/mol. The fraction of sp³-hybridized carbons (Fsp3) is 0.0769. The summed E-state index contributed by atoms with van der Waals surface area (Å²) in [6, 6.07) is 35.0. The van der Waals surface area contributed by atoms with E-state index in [2.05, 4.69) is 114 Å². The highest BCUT2D eigenvalue weighted by Gasteiger charge is 2.38. The van der Waals surface area contributed by atoms with Crippen LogP contribution in [0.4, 0.5) is 28.4 Å². The fourth-order valence-electron chi connectivity index (χ4n) is 4.89. The van der Waals surface area contributed by atoms with Gasteiger partial charge in [-0.3, -0.25) is 0 Å². The van der Waals surface area contributed by atoms with Gasteiger partial charge in [-0.1, -0.05) is 60.7 Å². The van der Waals surface area contributed by atoms with Crippen LogP contribution in [0.1, 0.15) is 22.6 Å². The Morgan fingerprint density at radius 2 is 1.11 bits per heavy atom. The number of anilines is 5. The normalized spacial score (nSPS) is 16.2. The first-order chi connectivity index (χ1) is 13.8. The molecular formula is C26H20N2. The quantitative estimate of drug-likeness (QED) is 0.327. The van der Waals surface area contributed by atoms with Gasteiger partial charge >= 0.3 is 0 Å². The lowest BCUT2D eigenvalue weighted by atomic mass is 9.76. The molecule has 6 rings (SSSR count). The molecule has 1 unspecified atom stereocenters. The minimum atomic E-state index is 0.259. The van der Waals surface area contributed by atoms with Gasteiger partial charge in [0.2, 0.25) is 0 Å². The molecule has 0 aromatic heterocycles. The highest BCUT2D eigenvalue weighted by molar-refractivity contribution is 5.93. The van der Waals surface area contributed by atoms with Gasteiger partial charge in [-0.15, -0.1) is 0 Å². The molecule has 2 nitrogen and oxygen atoms in total. The maximum atomic E-state index is 2.41. The van der Waals surface area contributed by atoms with Gasteiger partial charge < -0.3 is 9.80 Å². The van der Waals surface area contributed by atoms with Crippen molar-refractivity contribution in [3.8, 4) is 0 Å². The van der Waals surface area contributed by atoms with Gasteiger partial charge in [0.1, 0.15) is 0 Å². The third-order valence-electron chi connectivity index (χ3n) is 6.06. The first-order valence-corrected chi connectivity index (χ1v) is 9.74. The van der Waals surface area contributed by atoms with Crippen molar-refractivity contribution in [3.05, 3.63) is 114 Å². The molecule has 0 aliphatic carbocycles. The number of nitrogens with zero attached hydrogens (tertiary/aromatic N) is 2. The summed E-state index contributed by atoms with van der Waals surface area (Å²) in [7, 11) is 2.18. The molecule has 1 atom stereocenters. The Hall–Kier alpha value is -3.52. The predicted octanol–water partition coefficient (Wildman–Crippen LogP) is 6.73. The monoisotopic (exact) mass is 360 g/mol. The van der Waals surface area contributed by atoms with E-state index in [1.54, 1.807) is 0 Å². The zero-order valence-electron chi connectivity index (χ0n) is 15.7. The number of fused-ring (bicyclic) bond motifs is 4. The van der Waals surface area contributed by atoms with Crippen molar-refractivity contribution in [2.75, 3.05) is 16.8 Å². The Labute approximate surface area is 165 Å². The summed E-state index contributed by atoms with van der Waals surface area (Å²) in [5, 5.41) is 0. The lowest BCUT2D eigenvalue weighted by Gasteiger charge is -2.44. The Kier molecular flexibility index (Phi) is 3.18. The van der Waals surface area contributed by atoms with Gasteiger partial charge in [-0.25, -0.2) is 0 Å². The van der Waals surface area contributed by atoms with E-state index in [0.29, 0.717) is 0 Å². The van der Waals surface area contributed by atoms with Crippen molar-refractivity contribution in [2.45, 2.75) is 5.92 Å². The minimum Gasteiger partial charge on any atom is -0.344 e. The van der Waals surface area contributed by atoms with Crippen LogP contribution >= 0.6 is 0 Å². The standard InChI is InChI=1S/C26H20N2/c1-27-21-14-7-5-12-19(21)25-20-13-6-8-15-22(20)28(18-10-3-2-4-11-18)24-17-9-16-23(27)26(24)25/h2-17,25H,1H3. The summed E-state index contributed by atoms with van der Waals surface area (Å²) in [4.78, 5) is 4.74. The third-order valence-corrected chi connectivity index (χ3v) is 6.06. The number of hydrogen-bond acceptors (Lipinski definition) is 2. The van der Waals surface area contributed by atoms with E-state index in [1.807, 2.05) is 0 Å². The SMILES string of the molecule is CN1c2ccccc2C2c3ccccc3N(c3ccccc3)c3cccc1c32. The van der Waals surface area contributed by atoms with Crippen LogP contribution in [0.3, 0.4) is 0 Å². The Balaban J connectivity index is 1.72. The van der Waals surface area contributed by atoms with Crippen LogP contribution in [0.2, 0.25) is 0 Å². The van der Waals surface area contributed by atoms with Crippen LogP contribution in [-0.4, -0.2) is 7.05 Å². The molecule has 2 heteroatoms. The second-order valence-electron chi connectivity index (χ2n) is 7.49. The molecule has 0 amide bonds. The van der Waals surface area contributed by atoms with Gasteiger partial charge in [0.25, 0.3) is 0 Å². The van der Waals surface area contributed by atoms with Crippen LogP contribution in [0, 0.1) is 0 Å². The summed E-state index contributed by atoms with van der Waals surface area (Å²) in [6.45, 7) is 0. The summed E-state index contributed by atoms with van der Waals surface area (Å²) >= 11 is 0. The Morgan fingerprint density at radius 3 is 1.89 bits per heavy atom. The lowest BCUT2D eigenvalue weighted by Crippen LogP contribution is -2.29. The van der Waals surface area contributed by atoms with Gasteiger partial charge in [0.15, 0.2) is 0 Å². The van der Waals surface area contributed by atoms with Crippen LogP contribution in [0.5, 0.6) is 0 Å². The average molecular weight is 360 g/mol. The highest BCUT2D eigenvalue weighted by atomic mass is 15.2. The van der Waals surface area contributed by atoms with E-state index < -0.39 is 0 Å². The van der Waals surface area contributed by atoms with Crippen LogP contribution in [0.25, 0.3) is 0 Å². The first kappa shape index (κ1) is 15.5. The second kappa shape index (κ2) is 5.74. The molecule has 0 N–H and O–H groups in total. The van der Waals surface area contributed by atoms with Gasteiger partial charge in [-0.05, 0) is 47.5 Å². The van der Waals surface area contributed by atoms with Crippen molar-refractivity contribution >= 4 is 28.4 Å². The van der Waals surface area contributed by atoms with Crippen LogP contribution in [0.15, 0.2) is 97.1 Å². The molecule has 2 aliphatic rings. The van der Waals surface area contributed by atoms with Crippen LogP contribution in [-0.2, 0) is 0 Å². The maximum absolute atomic E-state index is 2.41. The molecule has 0 bridgehead atoms. The molecule has 2 aliphatic heterocycles. The average Bonchev–Trinajstić information content (AvgIpc) is 2.77. The Morgan fingerprint density at radius 1 is 0.536 bits per heavy atom. The van der Waals surface area contributed by atoms with Gasteiger partial charge in [0, 0.05) is 35.6 Å². The first-order valence-electron chi connectivity index (χ1n) is 9.74. The molecule has 0 saturated carbocycles. The number of hydrogen-bond donors (Lipinski definition) is 0. The van der Waals surface area contributed by atoms with Crippen molar-refractivity contribution in [1.82, 2.24) is 0 Å². The zero-order valence-corrected chi connectivity index (χ0v) is 15.7. The molecule has 28 heavy (non-hydrogen) atoms. The van der Waals surface area contributed by atoms with E-state index in [1.165, 1.54) is 45.1 Å². The largest absolute Gasteiger partial charge is 0.344 e. The summed E-state index contributed by atoms with van der Waals surface area (Å²) < 4.78 is 0. The molecule has 4 aromatic rings. The summed E-state index contributed by atoms with van der Waals surface area (Å²) in [6.07, 6.45) is 0. The third kappa shape index (κ3) is 1.97. The number of para-hydroxylation sites is 3. The van der Waals surface area contributed by atoms with E-state index in [-0.39, 0.29) is 5.92 Å². The van der Waals surface area contributed by atoms with Crippen molar-refractivity contribution in [3.63, 3.8) is 0 Å². The minimum absolute atomic E-state index is 0.259. The lowest BCUT2D eigenvalue weighted by molar-refractivity contribution is 0.899. The maximum Gasteiger partial charge on any atom is 0.0524 e. The van der Waals surface area contributed by atoms with Crippen molar-refractivity contribution in [1.29, 1.82) is 0 Å². The van der Waals surface area contributed by atoms with Gasteiger partial charge in [-0.2, -0.15) is 0 Å². The number of benzene rings is 4. The molecule has 4 aromatic carbocycles. The molecule has 0 saturated heterocycles. The topological polar surface area (TPSA) is 6.48 Å². The summed E-state index contributed by atoms with van der Waals surface area (Å²) in [5.41, 5.74) is 10.5. The molecule has 2 heterocycles.